The number of carboxylic acids is 1. The van der Waals surface area contributed by atoms with Crippen molar-refractivity contribution >= 4 is 21.9 Å². The highest BCUT2D eigenvalue weighted by Gasteiger charge is 2.29. The summed E-state index contributed by atoms with van der Waals surface area (Å²) < 4.78 is 50.3. The minimum Gasteiger partial charge on any atom is -0.490 e. The molecule has 0 aliphatic rings. The Balaban J connectivity index is 1.70. The number of carboxylic acid groups (broad SMARTS) is 1. The number of ether oxygens (including phenoxy) is 2. The van der Waals surface area contributed by atoms with Gasteiger partial charge in [0.2, 0.25) is 0 Å². The number of halogens is 4. The predicted octanol–water partition coefficient (Wildman–Crippen LogP) is 7.01. The Morgan fingerprint density at radius 1 is 1.06 bits per heavy atom. The smallest absolute Gasteiger partial charge is 0.416 e. The summed E-state index contributed by atoms with van der Waals surface area (Å²) in [6, 6.07) is 17.5. The van der Waals surface area contributed by atoms with E-state index in [0.717, 1.165) is 27.7 Å². The maximum absolute atomic E-state index is 12.8. The van der Waals surface area contributed by atoms with E-state index in [9.17, 15) is 18.0 Å². The highest BCUT2D eigenvalue weighted by molar-refractivity contribution is 9.10. The lowest BCUT2D eigenvalue weighted by Crippen LogP contribution is -2.10. The van der Waals surface area contributed by atoms with Crippen molar-refractivity contribution in [3.05, 3.63) is 106 Å². The maximum atomic E-state index is 12.8. The minimum absolute atomic E-state index is 0.254. The first-order chi connectivity index (χ1) is 17.1. The average Bonchev–Trinajstić information content (AvgIpc) is 2.83. The number of rotatable bonds is 8. The second-order valence-electron chi connectivity index (χ2n) is 7.72. The third-order valence-corrected chi connectivity index (χ3v) is 5.51. The lowest BCUT2D eigenvalue weighted by molar-refractivity contribution is -0.139. The molecule has 0 saturated carbocycles. The van der Waals surface area contributed by atoms with Crippen LogP contribution in [0.2, 0.25) is 0 Å². The van der Waals surface area contributed by atoms with Gasteiger partial charge in [0, 0.05) is 10.0 Å². The molecule has 186 valence electrons. The zero-order chi connectivity index (χ0) is 26.1. The standard InChI is InChI=1S/C28H22BrF3O4/c1-19-17-25(14-15-26(19)36-18-27(33)34)35-16-2-3-21(22-8-12-24(29)13-9-22)7-4-20-5-10-23(11-6-20)28(30,31)32/h2-3,5-6,8-15,17,21H,16,18H2,1H3,(H,33,34)/b3-2-. The van der Waals surface area contributed by atoms with E-state index in [2.05, 4.69) is 27.8 Å². The number of hydrogen-bond donors (Lipinski definition) is 1. The molecule has 0 radical (unpaired) electrons. The monoisotopic (exact) mass is 558 g/mol. The molecule has 3 aromatic carbocycles. The normalized spacial score (nSPS) is 12.0. The summed E-state index contributed by atoms with van der Waals surface area (Å²) in [5.41, 5.74) is 1.43. The molecule has 36 heavy (non-hydrogen) atoms. The molecule has 0 spiro atoms. The zero-order valence-corrected chi connectivity index (χ0v) is 20.8. The van der Waals surface area contributed by atoms with E-state index < -0.39 is 24.3 Å². The SMILES string of the molecule is Cc1cc(OC/C=C\C(C#Cc2ccc(C(F)(F)F)cc2)c2ccc(Br)cc2)ccc1OCC(=O)O. The molecule has 3 aromatic rings. The van der Waals surface area contributed by atoms with Crippen LogP contribution in [-0.4, -0.2) is 24.3 Å². The molecule has 1 unspecified atom stereocenters. The fourth-order valence-corrected chi connectivity index (χ4v) is 3.43. The number of aliphatic carboxylic acids is 1. The van der Waals surface area contributed by atoms with Gasteiger partial charge in [-0.25, -0.2) is 4.79 Å². The van der Waals surface area contributed by atoms with Crippen molar-refractivity contribution < 1.29 is 32.5 Å². The molecule has 3 rings (SSSR count). The zero-order valence-electron chi connectivity index (χ0n) is 19.2. The third kappa shape index (κ3) is 8.21. The van der Waals surface area contributed by atoms with Gasteiger partial charge in [0.05, 0.1) is 11.5 Å². The lowest BCUT2D eigenvalue weighted by atomic mass is 9.98. The molecule has 1 atom stereocenters. The summed E-state index contributed by atoms with van der Waals surface area (Å²) in [6.07, 6.45) is -0.700. The van der Waals surface area contributed by atoms with Crippen molar-refractivity contribution in [3.63, 3.8) is 0 Å². The van der Waals surface area contributed by atoms with Crippen LogP contribution in [0.5, 0.6) is 11.5 Å². The molecule has 0 heterocycles. The number of hydrogen-bond acceptors (Lipinski definition) is 3. The Kier molecular flexibility index (Phi) is 9.20. The van der Waals surface area contributed by atoms with Crippen LogP contribution in [0.1, 0.15) is 28.2 Å². The van der Waals surface area contributed by atoms with Crippen LogP contribution in [0.15, 0.2) is 83.4 Å². The summed E-state index contributed by atoms with van der Waals surface area (Å²) in [5, 5.41) is 8.74. The van der Waals surface area contributed by atoms with Crippen molar-refractivity contribution in [2.24, 2.45) is 0 Å². The summed E-state index contributed by atoms with van der Waals surface area (Å²) in [5.74, 6) is 5.77. The van der Waals surface area contributed by atoms with Crippen LogP contribution in [-0.2, 0) is 11.0 Å². The summed E-state index contributed by atoms with van der Waals surface area (Å²) >= 11 is 3.41. The highest BCUT2D eigenvalue weighted by atomic mass is 79.9. The molecule has 0 aromatic heterocycles. The molecule has 0 aliphatic carbocycles. The lowest BCUT2D eigenvalue weighted by Gasteiger charge is -2.10. The van der Waals surface area contributed by atoms with Gasteiger partial charge in [0.25, 0.3) is 0 Å². The topological polar surface area (TPSA) is 55.8 Å². The van der Waals surface area contributed by atoms with Crippen LogP contribution in [0.3, 0.4) is 0 Å². The van der Waals surface area contributed by atoms with Crippen LogP contribution in [0.4, 0.5) is 13.2 Å². The molecule has 0 amide bonds. The van der Waals surface area contributed by atoms with Crippen LogP contribution in [0.25, 0.3) is 0 Å². The van der Waals surface area contributed by atoms with Gasteiger partial charge in [-0.2, -0.15) is 13.2 Å². The Morgan fingerprint density at radius 3 is 2.36 bits per heavy atom. The van der Waals surface area contributed by atoms with Crippen LogP contribution >= 0.6 is 15.9 Å². The first kappa shape index (κ1) is 26.9. The summed E-state index contributed by atoms with van der Waals surface area (Å²) in [4.78, 5) is 10.7. The number of allylic oxidation sites excluding steroid dienone is 1. The van der Waals surface area contributed by atoms with Crippen LogP contribution in [0, 0.1) is 18.8 Å². The van der Waals surface area contributed by atoms with Gasteiger partial charge >= 0.3 is 12.1 Å². The molecular weight excluding hydrogens is 537 g/mol. The molecule has 0 aliphatic heterocycles. The second-order valence-corrected chi connectivity index (χ2v) is 8.64. The third-order valence-electron chi connectivity index (χ3n) is 4.99. The van der Waals surface area contributed by atoms with E-state index in [4.69, 9.17) is 14.6 Å². The number of alkyl halides is 3. The van der Waals surface area contributed by atoms with E-state index in [1.54, 1.807) is 25.1 Å². The van der Waals surface area contributed by atoms with Crippen molar-refractivity contribution in [2.45, 2.75) is 19.0 Å². The largest absolute Gasteiger partial charge is 0.490 e. The van der Waals surface area contributed by atoms with Gasteiger partial charge in [0.15, 0.2) is 6.61 Å². The summed E-state index contributed by atoms with van der Waals surface area (Å²) in [7, 11) is 0. The maximum Gasteiger partial charge on any atom is 0.416 e. The molecule has 0 bridgehead atoms. The summed E-state index contributed by atoms with van der Waals surface area (Å²) in [6.45, 7) is 1.62. The Hall–Kier alpha value is -3.70. The number of carbonyl (C=O) groups is 1. The average molecular weight is 559 g/mol. The fourth-order valence-electron chi connectivity index (χ4n) is 3.17. The Morgan fingerprint density at radius 2 is 1.75 bits per heavy atom. The van der Waals surface area contributed by atoms with Crippen molar-refractivity contribution in [1.82, 2.24) is 0 Å². The van der Waals surface area contributed by atoms with Crippen LogP contribution < -0.4 is 9.47 Å². The van der Waals surface area contributed by atoms with E-state index in [0.29, 0.717) is 17.1 Å². The van der Waals surface area contributed by atoms with Gasteiger partial charge in [-0.15, -0.1) is 0 Å². The van der Waals surface area contributed by atoms with Gasteiger partial charge < -0.3 is 14.6 Å². The van der Waals surface area contributed by atoms with Gasteiger partial charge in [0.1, 0.15) is 18.1 Å². The first-order valence-electron chi connectivity index (χ1n) is 10.8. The van der Waals surface area contributed by atoms with Gasteiger partial charge in [-0.3, -0.25) is 0 Å². The van der Waals surface area contributed by atoms with Crippen molar-refractivity contribution in [1.29, 1.82) is 0 Å². The Bertz CT molecular complexity index is 1270. The number of benzene rings is 3. The first-order valence-corrected chi connectivity index (χ1v) is 11.6. The molecule has 1 N–H and O–H groups in total. The molecule has 8 heteroatoms. The second kappa shape index (κ2) is 12.3. The van der Waals surface area contributed by atoms with E-state index in [1.807, 2.05) is 36.4 Å². The fraction of sp³-hybridized carbons (Fsp3) is 0.179. The van der Waals surface area contributed by atoms with E-state index in [1.165, 1.54) is 12.1 Å². The van der Waals surface area contributed by atoms with Gasteiger partial charge in [-0.1, -0.05) is 46.0 Å². The van der Waals surface area contributed by atoms with Crippen molar-refractivity contribution in [2.75, 3.05) is 13.2 Å². The number of aryl methyl sites for hydroxylation is 1. The highest BCUT2D eigenvalue weighted by Crippen LogP contribution is 2.29. The Labute approximate surface area is 215 Å². The molecular formula is C28H22BrF3O4. The molecule has 0 fully saturated rings. The van der Waals surface area contributed by atoms with Gasteiger partial charge in [-0.05, 0) is 78.7 Å². The van der Waals surface area contributed by atoms with E-state index in [-0.39, 0.29) is 12.5 Å². The molecule has 4 nitrogen and oxygen atoms in total. The van der Waals surface area contributed by atoms with E-state index >= 15 is 0 Å². The quantitative estimate of drug-likeness (QED) is 0.238. The van der Waals surface area contributed by atoms with Crippen molar-refractivity contribution in [3.8, 4) is 23.3 Å². The molecule has 0 saturated heterocycles. The minimum atomic E-state index is -4.39. The predicted molar refractivity (Wildman–Crippen MR) is 134 cm³/mol.